The van der Waals surface area contributed by atoms with E-state index in [1.807, 2.05) is 6.07 Å². The number of aromatic amines is 1. The van der Waals surface area contributed by atoms with Crippen molar-refractivity contribution >= 4 is 26.9 Å². The number of halogens is 2. The van der Waals surface area contributed by atoms with Crippen LogP contribution in [0.5, 0.6) is 0 Å². The predicted octanol–water partition coefficient (Wildman–Crippen LogP) is 2.27. The van der Waals surface area contributed by atoms with E-state index in [4.69, 9.17) is 0 Å². The lowest BCUT2D eigenvalue weighted by Crippen LogP contribution is -2.31. The van der Waals surface area contributed by atoms with Gasteiger partial charge in [-0.15, -0.1) is 0 Å². The number of nitrogens with one attached hydrogen (secondary N) is 3. The molecule has 1 fully saturated rings. The van der Waals surface area contributed by atoms with Crippen LogP contribution in [-0.2, 0) is 10.0 Å². The molecule has 0 aliphatic heterocycles. The topological polar surface area (TPSA) is 124 Å². The van der Waals surface area contributed by atoms with Gasteiger partial charge in [-0.05, 0) is 25.0 Å². The molecule has 3 N–H and O–H groups in total. The van der Waals surface area contributed by atoms with Crippen molar-refractivity contribution in [3.05, 3.63) is 41.7 Å². The summed E-state index contributed by atoms with van der Waals surface area (Å²) in [6, 6.07) is 4.12. The quantitative estimate of drug-likeness (QED) is 0.541. The molecule has 150 valence electrons. The Hall–Kier alpha value is -3.10. The maximum Gasteiger partial charge on any atom is 0.213 e. The molecule has 1 aliphatic carbocycles. The first kappa shape index (κ1) is 19.2. The SMILES string of the molecule is N#Cc1cc(F)c(NCCS(=O)(=O)NC2CC2)nc1-c1c[nH]c2ncc(F)cc12. The number of aromatic nitrogens is 3. The van der Waals surface area contributed by atoms with Gasteiger partial charge >= 0.3 is 0 Å². The van der Waals surface area contributed by atoms with Crippen LogP contribution >= 0.6 is 0 Å². The average molecular weight is 418 g/mol. The first-order valence-corrected chi connectivity index (χ1v) is 10.5. The van der Waals surface area contributed by atoms with Crippen LogP contribution in [0.25, 0.3) is 22.3 Å². The Balaban J connectivity index is 1.62. The number of fused-ring (bicyclic) bond motifs is 1. The molecule has 0 amide bonds. The standard InChI is InChI=1S/C18H16F2N6O2S/c19-11-6-13-14(9-24-17(13)23-8-11)16-10(7-21)5-15(20)18(25-16)22-3-4-29(27,28)26-12-1-2-12/h5-6,8-9,12,26H,1-4H2,(H,22,25)(H,23,24). The number of sulfonamides is 1. The minimum Gasteiger partial charge on any atom is -0.367 e. The second kappa shape index (κ2) is 7.38. The van der Waals surface area contributed by atoms with Gasteiger partial charge in [0.25, 0.3) is 0 Å². The van der Waals surface area contributed by atoms with Crippen LogP contribution in [0.1, 0.15) is 18.4 Å². The summed E-state index contributed by atoms with van der Waals surface area (Å²) in [4.78, 5) is 10.9. The summed E-state index contributed by atoms with van der Waals surface area (Å²) >= 11 is 0. The fraction of sp³-hybridized carbons (Fsp3) is 0.278. The number of pyridine rings is 2. The van der Waals surface area contributed by atoms with Crippen molar-refractivity contribution in [2.45, 2.75) is 18.9 Å². The average Bonchev–Trinajstić information content (AvgIpc) is 3.38. The Morgan fingerprint density at radius 3 is 2.83 bits per heavy atom. The van der Waals surface area contributed by atoms with Crippen LogP contribution in [0.15, 0.2) is 24.5 Å². The Labute approximate surface area is 165 Å². The summed E-state index contributed by atoms with van der Waals surface area (Å²) in [6.45, 7) is -0.0681. The molecular formula is C18H16F2N6O2S. The summed E-state index contributed by atoms with van der Waals surface area (Å²) in [5.74, 6) is -1.80. The molecule has 29 heavy (non-hydrogen) atoms. The fourth-order valence-corrected chi connectivity index (χ4v) is 4.13. The lowest BCUT2D eigenvalue weighted by molar-refractivity contribution is 0.581. The molecule has 4 rings (SSSR count). The number of H-pyrrole nitrogens is 1. The highest BCUT2D eigenvalue weighted by Gasteiger charge is 2.26. The van der Waals surface area contributed by atoms with Crippen molar-refractivity contribution in [3.63, 3.8) is 0 Å². The number of nitriles is 1. The summed E-state index contributed by atoms with van der Waals surface area (Å²) in [5.41, 5.74) is 0.869. The van der Waals surface area contributed by atoms with Gasteiger partial charge in [-0.2, -0.15) is 5.26 Å². The zero-order valence-electron chi connectivity index (χ0n) is 15.0. The molecule has 0 atom stereocenters. The molecular weight excluding hydrogens is 402 g/mol. The highest BCUT2D eigenvalue weighted by atomic mass is 32.2. The minimum atomic E-state index is -3.47. The van der Waals surface area contributed by atoms with Crippen LogP contribution in [0.4, 0.5) is 14.6 Å². The Bertz CT molecular complexity index is 1230. The number of rotatable bonds is 7. The number of hydrogen-bond donors (Lipinski definition) is 3. The highest BCUT2D eigenvalue weighted by molar-refractivity contribution is 7.89. The molecule has 3 aromatic heterocycles. The molecule has 1 aliphatic rings. The second-order valence-electron chi connectivity index (χ2n) is 6.72. The fourth-order valence-electron chi connectivity index (χ4n) is 2.90. The normalized spacial score (nSPS) is 14.1. The number of nitrogens with zero attached hydrogens (tertiary/aromatic N) is 3. The van der Waals surface area contributed by atoms with E-state index in [1.54, 1.807) is 0 Å². The van der Waals surface area contributed by atoms with Crippen molar-refractivity contribution in [3.8, 4) is 17.3 Å². The Morgan fingerprint density at radius 1 is 1.31 bits per heavy atom. The molecule has 0 unspecified atom stereocenters. The molecule has 0 radical (unpaired) electrons. The minimum absolute atomic E-state index is 0.00717. The maximum atomic E-state index is 14.4. The molecule has 1 saturated carbocycles. The van der Waals surface area contributed by atoms with Crippen LogP contribution in [-0.4, -0.2) is 41.7 Å². The summed E-state index contributed by atoms with van der Waals surface area (Å²) in [5, 5.41) is 12.4. The van der Waals surface area contributed by atoms with E-state index in [-0.39, 0.29) is 35.4 Å². The van der Waals surface area contributed by atoms with Gasteiger partial charge in [0.2, 0.25) is 10.0 Å². The number of hydrogen-bond acceptors (Lipinski definition) is 6. The largest absolute Gasteiger partial charge is 0.367 e. The van der Waals surface area contributed by atoms with Crippen molar-refractivity contribution in [1.29, 1.82) is 5.26 Å². The molecule has 3 aromatic rings. The van der Waals surface area contributed by atoms with Crippen molar-refractivity contribution in [2.75, 3.05) is 17.6 Å². The molecule has 0 aromatic carbocycles. The van der Waals surface area contributed by atoms with E-state index in [2.05, 4.69) is 25.0 Å². The van der Waals surface area contributed by atoms with Crippen LogP contribution in [0, 0.1) is 23.0 Å². The first-order valence-electron chi connectivity index (χ1n) is 8.84. The van der Waals surface area contributed by atoms with Gasteiger partial charge in [0.1, 0.15) is 17.5 Å². The lowest BCUT2D eigenvalue weighted by Gasteiger charge is -2.11. The zero-order chi connectivity index (χ0) is 20.6. The third kappa shape index (κ3) is 4.18. The van der Waals surface area contributed by atoms with Crippen molar-refractivity contribution in [2.24, 2.45) is 0 Å². The molecule has 3 heterocycles. The van der Waals surface area contributed by atoms with Gasteiger partial charge in [-0.25, -0.2) is 31.9 Å². The maximum absolute atomic E-state index is 14.4. The Morgan fingerprint density at radius 2 is 2.10 bits per heavy atom. The molecule has 0 bridgehead atoms. The summed E-state index contributed by atoms with van der Waals surface area (Å²) in [6.07, 6.45) is 4.20. The van der Waals surface area contributed by atoms with E-state index in [0.29, 0.717) is 16.6 Å². The van der Waals surface area contributed by atoms with E-state index in [1.165, 1.54) is 12.3 Å². The molecule has 11 heteroatoms. The van der Waals surface area contributed by atoms with E-state index >= 15 is 0 Å². The lowest BCUT2D eigenvalue weighted by atomic mass is 10.1. The third-order valence-corrected chi connectivity index (χ3v) is 5.87. The third-order valence-electron chi connectivity index (χ3n) is 4.44. The van der Waals surface area contributed by atoms with Crippen molar-refractivity contribution < 1.29 is 17.2 Å². The smallest absolute Gasteiger partial charge is 0.213 e. The van der Waals surface area contributed by atoms with Crippen LogP contribution in [0.2, 0.25) is 0 Å². The molecule has 0 spiro atoms. The van der Waals surface area contributed by atoms with Gasteiger partial charge in [0.15, 0.2) is 11.6 Å². The van der Waals surface area contributed by atoms with Crippen LogP contribution < -0.4 is 10.0 Å². The van der Waals surface area contributed by atoms with Gasteiger partial charge in [0.05, 0.1) is 23.2 Å². The van der Waals surface area contributed by atoms with E-state index < -0.39 is 21.7 Å². The van der Waals surface area contributed by atoms with Gasteiger partial charge < -0.3 is 10.3 Å². The van der Waals surface area contributed by atoms with Gasteiger partial charge in [0, 0.05) is 29.7 Å². The predicted molar refractivity (Wildman–Crippen MR) is 102 cm³/mol. The Kier molecular flexibility index (Phi) is 4.89. The van der Waals surface area contributed by atoms with Crippen LogP contribution in [0.3, 0.4) is 0 Å². The first-order chi connectivity index (χ1) is 13.9. The molecule has 0 saturated heterocycles. The highest BCUT2D eigenvalue weighted by Crippen LogP contribution is 2.31. The van der Waals surface area contributed by atoms with Gasteiger partial charge in [-0.3, -0.25) is 0 Å². The zero-order valence-corrected chi connectivity index (χ0v) is 15.9. The summed E-state index contributed by atoms with van der Waals surface area (Å²) in [7, 11) is -3.47. The van der Waals surface area contributed by atoms with E-state index in [9.17, 15) is 22.5 Å². The van der Waals surface area contributed by atoms with E-state index in [0.717, 1.165) is 25.1 Å². The second-order valence-corrected chi connectivity index (χ2v) is 8.59. The summed E-state index contributed by atoms with van der Waals surface area (Å²) < 4.78 is 54.4. The van der Waals surface area contributed by atoms with Gasteiger partial charge in [-0.1, -0.05) is 0 Å². The monoisotopic (exact) mass is 418 g/mol. The van der Waals surface area contributed by atoms with Crippen molar-refractivity contribution in [1.82, 2.24) is 19.7 Å². The molecule has 8 nitrogen and oxygen atoms in total. The number of anilines is 1.